The number of benzene rings is 9. The number of aryl methyl sites for hydroxylation is 6. The number of hydrogen-bond donors (Lipinski definition) is 2. The van der Waals surface area contributed by atoms with Crippen LogP contribution in [-0.2, 0) is 40.3 Å². The number of aliphatic hydroxyl groups is 1. The summed E-state index contributed by atoms with van der Waals surface area (Å²) in [6.45, 7) is 58.0. The molecule has 28 nitrogen and oxygen atoms in total. The molecule has 0 radical (unpaired) electrons. The van der Waals surface area contributed by atoms with E-state index in [1.54, 1.807) is 46.8 Å². The van der Waals surface area contributed by atoms with Gasteiger partial charge in [0.15, 0.2) is 58.2 Å². The van der Waals surface area contributed by atoms with Crippen LogP contribution in [0.2, 0.25) is 15.1 Å². The van der Waals surface area contributed by atoms with Gasteiger partial charge in [-0.05, 0) is 322 Å². The number of ether oxygens (including phenoxy) is 4. The van der Waals surface area contributed by atoms with Crippen molar-refractivity contribution in [3.63, 3.8) is 0 Å². The van der Waals surface area contributed by atoms with Crippen LogP contribution in [0.15, 0.2) is 208 Å². The van der Waals surface area contributed by atoms with Crippen molar-refractivity contribution in [2.45, 2.75) is 187 Å². The number of allylic oxidation sites excluding steroid dienone is 4. The molecular weight excluding hydrogens is 1970 g/mol. The van der Waals surface area contributed by atoms with Gasteiger partial charge in [-0.15, -0.1) is 15.3 Å². The number of β-amino-alcohol motifs (C(OH)–C–C–N with tert-alkyl or cyclic N) is 1. The van der Waals surface area contributed by atoms with E-state index in [1.807, 2.05) is 131 Å². The van der Waals surface area contributed by atoms with Gasteiger partial charge in [-0.1, -0.05) is 149 Å². The molecule has 150 heavy (non-hydrogen) atoms. The molecule has 12 aromatic rings. The monoisotopic (exact) mass is 2090 g/mol. The number of aliphatic hydroxyl groups excluding tert-OH is 1. The maximum Gasteiger partial charge on any atom is 0.331 e. The highest BCUT2D eigenvalue weighted by Gasteiger charge is 2.46. The van der Waals surface area contributed by atoms with Gasteiger partial charge in [0.25, 0.3) is 0 Å². The first-order valence-electron chi connectivity index (χ1n) is 51.2. The van der Waals surface area contributed by atoms with E-state index in [2.05, 4.69) is 168 Å². The number of halogens is 3. The first-order valence-corrected chi connectivity index (χ1v) is 54.2. The molecule has 2 N–H and O–H groups in total. The van der Waals surface area contributed by atoms with Crippen LogP contribution < -0.4 is 28.9 Å². The number of carbonyl (C=O) groups excluding carboxylic acids is 3. The normalized spacial score (nSPS) is 19.8. The Balaban J connectivity index is 0.000000161. The van der Waals surface area contributed by atoms with Gasteiger partial charge in [0.05, 0.1) is 62.3 Å². The number of Topliss-reactive ketones (excluding diaryl/α,β-unsaturated/α-hetero) is 1. The van der Waals surface area contributed by atoms with E-state index in [-0.39, 0.29) is 112 Å². The number of nitrogens with one attached hydrogen (secondary N) is 1. The number of rotatable bonds is 29. The number of nitrogens with zero attached hydrogens (tertiary/aromatic N) is 17. The summed E-state index contributed by atoms with van der Waals surface area (Å²) < 4.78 is 53.9. The van der Waals surface area contributed by atoms with Crippen LogP contribution in [0, 0.1) is 90.2 Å². The second-order valence-electron chi connectivity index (χ2n) is 41.2. The molecule has 2 aliphatic carbocycles. The molecule has 0 bridgehead atoms. The Morgan fingerprint density at radius 1 is 0.540 bits per heavy atom. The summed E-state index contributed by atoms with van der Waals surface area (Å²) >= 11 is 19.3. The van der Waals surface area contributed by atoms with Crippen molar-refractivity contribution in [2.75, 3.05) is 80.5 Å². The Kier molecular flexibility index (Phi) is 33.5. The third-order valence-electron chi connectivity index (χ3n) is 29.0. The minimum Gasteiger partial charge on any atom is -0.497 e. The summed E-state index contributed by atoms with van der Waals surface area (Å²) in [5.74, 6) is 5.44. The second kappa shape index (κ2) is 46.2. The van der Waals surface area contributed by atoms with Gasteiger partial charge in [0, 0.05) is 98.2 Å². The summed E-state index contributed by atoms with van der Waals surface area (Å²) in [5.41, 5.74) is 19.0. The number of anilines is 3. The van der Waals surface area contributed by atoms with E-state index in [9.17, 15) is 27.9 Å². The summed E-state index contributed by atoms with van der Waals surface area (Å²) in [7, 11) is -1.65. The molecule has 32 heteroatoms. The Morgan fingerprint density at radius 3 is 1.53 bits per heavy atom. The van der Waals surface area contributed by atoms with Crippen LogP contribution in [0.4, 0.5) is 34.1 Å². The van der Waals surface area contributed by atoms with Gasteiger partial charge in [-0.2, -0.15) is 4.68 Å². The average molecular weight is 2100 g/mol. The van der Waals surface area contributed by atoms with Gasteiger partial charge in [0.2, 0.25) is 21.4 Å². The maximum absolute atomic E-state index is 14.3. The summed E-state index contributed by atoms with van der Waals surface area (Å²) in [5, 5.41) is 25.9. The molecule has 7 heterocycles. The lowest BCUT2D eigenvalue weighted by Crippen LogP contribution is -2.49. The van der Waals surface area contributed by atoms with Gasteiger partial charge in [-0.25, -0.2) is 71.7 Å². The van der Waals surface area contributed by atoms with Gasteiger partial charge >= 0.3 is 11.9 Å². The van der Waals surface area contributed by atoms with Crippen molar-refractivity contribution >= 4 is 136 Å². The minimum atomic E-state index is -3.29. The molecule has 3 aromatic heterocycles. The fourth-order valence-electron chi connectivity index (χ4n) is 21.7. The lowest BCUT2D eigenvalue weighted by Gasteiger charge is -2.47. The van der Waals surface area contributed by atoms with Crippen LogP contribution >= 0.6 is 34.8 Å². The Hall–Kier alpha value is -14.0. The highest BCUT2D eigenvalue weighted by atomic mass is 35.5. The number of likely N-dealkylation sites (N-methyl/N-ethyl adjacent to an activating group) is 2. The lowest BCUT2D eigenvalue weighted by molar-refractivity contribution is -0.151. The zero-order valence-corrected chi connectivity index (χ0v) is 91.8. The fourth-order valence-corrected chi connectivity index (χ4v) is 22.7. The van der Waals surface area contributed by atoms with Crippen molar-refractivity contribution < 1.29 is 46.9 Å². The number of carbonyl (C=O) groups is 3. The van der Waals surface area contributed by atoms with Crippen LogP contribution in [0.1, 0.15) is 194 Å². The first-order chi connectivity index (χ1) is 71.6. The van der Waals surface area contributed by atoms with Crippen molar-refractivity contribution in [2.24, 2.45) is 50.5 Å². The maximum atomic E-state index is 14.3. The molecule has 9 aromatic carbocycles. The molecule has 778 valence electrons. The number of ketones is 1. The number of sulfonamides is 1. The average Bonchev–Trinajstić information content (AvgIpc) is 1.58. The zero-order chi connectivity index (χ0) is 107. The number of fused-ring (bicyclic) bond motifs is 4. The molecule has 18 rings (SSSR count). The third-order valence-corrected chi connectivity index (χ3v) is 30.6. The molecular formula is C118H129Cl3N18O10S. The highest BCUT2D eigenvalue weighted by molar-refractivity contribution is 7.88. The van der Waals surface area contributed by atoms with E-state index in [0.29, 0.717) is 123 Å². The molecule has 2 saturated carbocycles. The van der Waals surface area contributed by atoms with Crippen molar-refractivity contribution in [1.82, 2.24) is 49.0 Å². The van der Waals surface area contributed by atoms with Crippen LogP contribution in [-0.4, -0.2) is 177 Å². The van der Waals surface area contributed by atoms with Crippen LogP contribution in [0.3, 0.4) is 0 Å². The number of hydrogen-bond acceptors (Lipinski definition) is 22. The van der Waals surface area contributed by atoms with Crippen molar-refractivity contribution in [1.29, 1.82) is 0 Å². The molecule has 2 fully saturated rings. The predicted octanol–water partition coefficient (Wildman–Crippen LogP) is 24.4. The van der Waals surface area contributed by atoms with Crippen molar-refractivity contribution in [3.05, 3.63) is 304 Å². The van der Waals surface area contributed by atoms with E-state index in [4.69, 9.17) is 112 Å². The highest BCUT2D eigenvalue weighted by Crippen LogP contribution is 2.49. The third kappa shape index (κ3) is 23.9. The number of aliphatic imine (C=N–C) groups is 3. The van der Waals surface area contributed by atoms with Gasteiger partial charge in [0.1, 0.15) is 41.5 Å². The van der Waals surface area contributed by atoms with E-state index >= 15 is 0 Å². The number of methoxy groups -OCH3 is 1. The van der Waals surface area contributed by atoms with E-state index in [0.717, 1.165) is 119 Å². The van der Waals surface area contributed by atoms with Crippen LogP contribution in [0.5, 0.6) is 11.5 Å². The minimum absolute atomic E-state index is 0.0513. The quantitative estimate of drug-likeness (QED) is 0.0325. The SMILES string of the molecule is CCN(CCOc1ccc(OC)cc1)c1ccc(N=C2C(c3cc(Cl)ccc3Cl)=C(C(C)=O)c3nc(-c4ccc(Cl)cc4)nn32)c(C)c1.[C-]#[N+]C1=C(C(=O)OC2C(C)CC(C)CC2C)c2nc(-c3ccc(C)c(Cc4cc(C)ccc4C)c3)nn2C1=Nc1ccc2c(c1)C(C)CC(C)(C)N2CCO.[C-]#[N+]C1=C(C(=O)OC2C(C)CC(C)CC2C)c2nc(-c3ccc(C)cc3)nn2C1=Nc1ccc(N(CC)CCNS(C)(=O)=O)cc1C. The smallest absolute Gasteiger partial charge is 0.331 e. The largest absolute Gasteiger partial charge is 0.497 e. The first kappa shape index (κ1) is 109. The van der Waals surface area contributed by atoms with Crippen LogP contribution in [0.25, 0.3) is 66.1 Å². The standard InChI is InChI=1S/C46H54N6O3.C37H32Cl3N5O3.C35H43N7O4S/c1-26-11-12-28(3)34(21-26)23-35-22-33(14-13-29(35)4)42-49-43-39(45(54)55-41-30(5)19-27(2)20-31(41)6)40(47-10)44(52(43)50-42)48-36-15-16-38-37(24-36)32(7)25-46(8,9)51(38)17-18-53;1-5-44(18-19-48-29-14-12-28(47-4)13-15-29)27-11-17-32(22(2)20-27)41-37-34(30-21-26(39)10-16-31(30)40)33(23(3)46)36-42-35(43-45(36)37)24-6-8-25(38)9-7-24;1-9-41(17-16-37-47(8,44)45)27-14-15-28(23(4)20-27)38-34-30(36-7)29(35(43)46-31-24(5)18-22(3)19-25(31)6)33-39-32(40-42(33)34)26-12-10-21(2)11-13-26/h11-16,21-22,24,27,30-32,41,53H,17-20,23,25H2,1-9H3;6-17,20-21H,5,18-19H2,1-4H3;10-15,20,22,24-25,31,37H,9,16-19H2,1-6,8H3. The molecule has 5 atom stereocenters. The predicted molar refractivity (Wildman–Crippen MR) is 599 cm³/mol. The second-order valence-corrected chi connectivity index (χ2v) is 44.3. The van der Waals surface area contributed by atoms with Gasteiger partial charge < -0.3 is 38.8 Å². The summed E-state index contributed by atoms with van der Waals surface area (Å²) in [6.07, 6.45) is 6.19. The number of esters is 2. The zero-order valence-electron chi connectivity index (χ0n) is 88.7. The van der Waals surface area contributed by atoms with Crippen molar-refractivity contribution in [3.8, 4) is 45.7 Å². The fraction of sp³-hybridized carbons (Fsp3) is 0.373. The lowest BCUT2D eigenvalue weighted by atomic mass is 9.75. The number of aromatic nitrogens is 9. The Bertz CT molecular complexity index is 7570. The topological polar surface area (TPSA) is 302 Å². The van der Waals surface area contributed by atoms with E-state index < -0.39 is 22.0 Å². The molecule has 0 spiro atoms. The molecule has 5 unspecified atom stereocenters. The van der Waals surface area contributed by atoms with E-state index in [1.165, 1.54) is 39.4 Å². The molecule has 0 amide bonds. The molecule has 0 saturated heterocycles. The Labute approximate surface area is 894 Å². The van der Waals surface area contributed by atoms with Gasteiger partial charge in [-0.3, -0.25) is 4.79 Å². The molecule has 4 aliphatic heterocycles. The molecule has 6 aliphatic rings. The summed E-state index contributed by atoms with van der Waals surface area (Å²) in [4.78, 5) is 85.4. The Morgan fingerprint density at radius 2 is 1.01 bits per heavy atom. The summed E-state index contributed by atoms with van der Waals surface area (Å²) in [6, 6.07) is 58.3.